The summed E-state index contributed by atoms with van der Waals surface area (Å²) in [6.45, 7) is 2.61. The van der Waals surface area contributed by atoms with Crippen LogP contribution >= 0.6 is 15.9 Å². The fraction of sp³-hybridized carbons (Fsp3) is 0.667. The van der Waals surface area contributed by atoms with Gasteiger partial charge in [0.1, 0.15) is 10.7 Å². The smallest absolute Gasteiger partial charge is 0.244 e. The van der Waals surface area contributed by atoms with Gasteiger partial charge in [-0.25, -0.2) is 13.1 Å². The van der Waals surface area contributed by atoms with Crippen LogP contribution in [-0.2, 0) is 16.6 Å². The molecule has 0 amide bonds. The number of likely N-dealkylation sites (tertiary alicyclic amines) is 1. The largest absolute Gasteiger partial charge is 0.452 e. The molecule has 114 valence electrons. The van der Waals surface area contributed by atoms with Crippen molar-refractivity contribution in [3.63, 3.8) is 0 Å². The predicted octanol–water partition coefficient (Wildman–Crippen LogP) is 1.12. The molecule has 2 heterocycles. The van der Waals surface area contributed by atoms with Crippen molar-refractivity contribution < 1.29 is 12.8 Å². The molecule has 8 heteroatoms. The zero-order chi connectivity index (χ0) is 14.8. The minimum Gasteiger partial charge on any atom is -0.452 e. The number of rotatable bonds is 5. The lowest BCUT2D eigenvalue weighted by Gasteiger charge is -2.29. The summed E-state index contributed by atoms with van der Waals surface area (Å²) in [5, 5.41) is 0. The molecule has 0 aliphatic carbocycles. The molecule has 1 aromatic heterocycles. The number of nitrogens with zero attached hydrogens (tertiary/aromatic N) is 1. The van der Waals surface area contributed by atoms with Gasteiger partial charge in [-0.3, -0.25) is 0 Å². The van der Waals surface area contributed by atoms with E-state index in [1.165, 1.54) is 6.07 Å². The third-order valence-electron chi connectivity index (χ3n) is 3.48. The molecule has 0 radical (unpaired) electrons. The van der Waals surface area contributed by atoms with Crippen LogP contribution < -0.4 is 10.5 Å². The average molecular weight is 366 g/mol. The van der Waals surface area contributed by atoms with Crippen molar-refractivity contribution in [1.82, 2.24) is 9.62 Å². The third-order valence-corrected chi connectivity index (χ3v) is 5.76. The Hall–Kier alpha value is -0.410. The first-order valence-corrected chi connectivity index (χ1v) is 8.86. The van der Waals surface area contributed by atoms with Gasteiger partial charge in [0.15, 0.2) is 4.67 Å². The van der Waals surface area contributed by atoms with E-state index < -0.39 is 10.0 Å². The lowest BCUT2D eigenvalue weighted by Crippen LogP contribution is -2.39. The second kappa shape index (κ2) is 6.57. The molecule has 1 atom stereocenters. The quantitative estimate of drug-likeness (QED) is 0.815. The first-order chi connectivity index (χ1) is 9.42. The number of nitrogens with two attached hydrogens (primary N) is 1. The Kier molecular flexibility index (Phi) is 5.25. The maximum atomic E-state index is 12.3. The van der Waals surface area contributed by atoms with E-state index in [0.29, 0.717) is 18.2 Å². The molecule has 1 aliphatic heterocycles. The van der Waals surface area contributed by atoms with E-state index in [1.54, 1.807) is 0 Å². The van der Waals surface area contributed by atoms with Crippen molar-refractivity contribution >= 4 is 26.0 Å². The third kappa shape index (κ3) is 3.82. The van der Waals surface area contributed by atoms with Crippen LogP contribution in [0.5, 0.6) is 0 Å². The van der Waals surface area contributed by atoms with Crippen LogP contribution in [0.25, 0.3) is 0 Å². The minimum absolute atomic E-state index is 0.113. The Labute approximate surface area is 127 Å². The van der Waals surface area contributed by atoms with Crippen molar-refractivity contribution in [3.05, 3.63) is 16.5 Å². The summed E-state index contributed by atoms with van der Waals surface area (Å²) in [6, 6.07) is 1.46. The molecule has 0 spiro atoms. The second-order valence-electron chi connectivity index (χ2n) is 5.18. The summed E-state index contributed by atoms with van der Waals surface area (Å²) in [5.74, 6) is 0.790. The standard InChI is InChI=1S/C12H20BrN3O3S/c1-16-4-2-3-9(8-16)7-15-20(17,18)11-5-10(6-14)19-12(11)13/h5,9,15H,2-4,6-8,14H2,1H3. The summed E-state index contributed by atoms with van der Waals surface area (Å²) < 4.78 is 32.6. The molecule has 1 aliphatic rings. The average Bonchev–Trinajstić information content (AvgIpc) is 2.79. The number of nitrogens with one attached hydrogen (secondary N) is 1. The van der Waals surface area contributed by atoms with Crippen LogP contribution in [0.1, 0.15) is 18.6 Å². The van der Waals surface area contributed by atoms with E-state index in [9.17, 15) is 8.42 Å². The monoisotopic (exact) mass is 365 g/mol. The summed E-state index contributed by atoms with van der Waals surface area (Å²) in [7, 11) is -1.51. The van der Waals surface area contributed by atoms with Gasteiger partial charge in [-0.05, 0) is 48.3 Å². The lowest BCUT2D eigenvalue weighted by molar-refractivity contribution is 0.211. The van der Waals surface area contributed by atoms with Gasteiger partial charge in [-0.1, -0.05) is 0 Å². The molecule has 0 bridgehead atoms. The van der Waals surface area contributed by atoms with E-state index in [1.807, 2.05) is 0 Å². The minimum atomic E-state index is -3.56. The van der Waals surface area contributed by atoms with Crippen molar-refractivity contribution in [2.75, 3.05) is 26.7 Å². The molecule has 0 aromatic carbocycles. The van der Waals surface area contributed by atoms with Crippen LogP contribution in [-0.4, -0.2) is 40.0 Å². The fourth-order valence-electron chi connectivity index (χ4n) is 2.43. The number of hydrogen-bond donors (Lipinski definition) is 2. The predicted molar refractivity (Wildman–Crippen MR) is 79.7 cm³/mol. The van der Waals surface area contributed by atoms with Gasteiger partial charge in [0.25, 0.3) is 0 Å². The summed E-state index contributed by atoms with van der Waals surface area (Å²) in [4.78, 5) is 2.34. The Morgan fingerprint density at radius 3 is 2.95 bits per heavy atom. The van der Waals surface area contributed by atoms with Crippen molar-refractivity contribution in [2.45, 2.75) is 24.3 Å². The molecule has 1 aromatic rings. The number of sulfonamides is 1. The normalized spacial score (nSPS) is 21.2. The molecule has 1 fully saturated rings. The van der Waals surface area contributed by atoms with E-state index in [2.05, 4.69) is 32.6 Å². The highest BCUT2D eigenvalue weighted by atomic mass is 79.9. The van der Waals surface area contributed by atoms with E-state index in [0.717, 1.165) is 25.9 Å². The van der Waals surface area contributed by atoms with Gasteiger partial charge in [-0.15, -0.1) is 0 Å². The molecular weight excluding hydrogens is 346 g/mol. The summed E-state index contributed by atoms with van der Waals surface area (Å²) in [5.41, 5.74) is 5.45. The van der Waals surface area contributed by atoms with Gasteiger partial charge in [0, 0.05) is 19.2 Å². The highest BCUT2D eigenvalue weighted by molar-refractivity contribution is 9.10. The molecular formula is C12H20BrN3O3S. The Morgan fingerprint density at radius 1 is 1.60 bits per heavy atom. The van der Waals surface area contributed by atoms with E-state index in [4.69, 9.17) is 10.2 Å². The van der Waals surface area contributed by atoms with Crippen LogP contribution in [0.15, 0.2) is 20.0 Å². The van der Waals surface area contributed by atoms with Gasteiger partial charge < -0.3 is 15.1 Å². The zero-order valence-corrected chi connectivity index (χ0v) is 13.8. The van der Waals surface area contributed by atoms with Crippen LogP contribution in [0.4, 0.5) is 0 Å². The SMILES string of the molecule is CN1CCCC(CNS(=O)(=O)c2cc(CN)oc2Br)C1. The Morgan fingerprint density at radius 2 is 2.35 bits per heavy atom. The summed E-state index contributed by atoms with van der Waals surface area (Å²) in [6.07, 6.45) is 2.16. The second-order valence-corrected chi connectivity index (χ2v) is 7.63. The number of hydrogen-bond acceptors (Lipinski definition) is 5. The van der Waals surface area contributed by atoms with E-state index >= 15 is 0 Å². The maximum absolute atomic E-state index is 12.3. The molecule has 2 rings (SSSR count). The summed E-state index contributed by atoms with van der Waals surface area (Å²) >= 11 is 3.12. The molecule has 0 saturated carbocycles. The topological polar surface area (TPSA) is 88.6 Å². The van der Waals surface area contributed by atoms with E-state index in [-0.39, 0.29) is 16.1 Å². The van der Waals surface area contributed by atoms with Gasteiger partial charge >= 0.3 is 0 Å². The van der Waals surface area contributed by atoms with Gasteiger partial charge in [0.2, 0.25) is 10.0 Å². The van der Waals surface area contributed by atoms with Crippen molar-refractivity contribution in [2.24, 2.45) is 11.7 Å². The first-order valence-electron chi connectivity index (χ1n) is 6.59. The van der Waals surface area contributed by atoms with Crippen LogP contribution in [0, 0.1) is 5.92 Å². The molecule has 6 nitrogen and oxygen atoms in total. The van der Waals surface area contributed by atoms with Gasteiger partial charge in [0.05, 0.1) is 6.54 Å². The zero-order valence-electron chi connectivity index (χ0n) is 11.4. The highest BCUT2D eigenvalue weighted by Gasteiger charge is 2.24. The van der Waals surface area contributed by atoms with Gasteiger partial charge in [-0.2, -0.15) is 0 Å². The number of piperidine rings is 1. The number of furan rings is 1. The Balaban J connectivity index is 2.01. The molecule has 20 heavy (non-hydrogen) atoms. The molecule has 1 saturated heterocycles. The van der Waals surface area contributed by atoms with Crippen LogP contribution in [0.2, 0.25) is 0 Å². The van der Waals surface area contributed by atoms with Crippen molar-refractivity contribution in [3.8, 4) is 0 Å². The fourth-order valence-corrected chi connectivity index (χ4v) is 4.54. The molecule has 3 N–H and O–H groups in total. The maximum Gasteiger partial charge on any atom is 0.244 e. The first kappa shape index (κ1) is 16.0. The van der Waals surface area contributed by atoms with Crippen molar-refractivity contribution in [1.29, 1.82) is 0 Å². The van der Waals surface area contributed by atoms with Crippen LogP contribution in [0.3, 0.4) is 0 Å². The Bertz CT molecular complexity index is 558. The number of halogens is 1. The highest BCUT2D eigenvalue weighted by Crippen LogP contribution is 2.26. The molecule has 1 unspecified atom stereocenters. The lowest BCUT2D eigenvalue weighted by atomic mass is 9.99.